The summed E-state index contributed by atoms with van der Waals surface area (Å²) in [5, 5.41) is 2.65. The van der Waals surface area contributed by atoms with E-state index in [9.17, 15) is 9.59 Å². The van der Waals surface area contributed by atoms with Gasteiger partial charge in [-0.2, -0.15) is 0 Å². The molecule has 5 nitrogen and oxygen atoms in total. The van der Waals surface area contributed by atoms with Crippen LogP contribution in [0, 0.1) is 11.3 Å². The first kappa shape index (κ1) is 15.0. The second kappa shape index (κ2) is 5.69. The van der Waals surface area contributed by atoms with E-state index in [1.807, 2.05) is 20.8 Å². The molecule has 1 aliphatic heterocycles. The molecule has 3 N–H and O–H groups in total. The van der Waals surface area contributed by atoms with Crippen molar-refractivity contribution in [3.8, 4) is 0 Å². The van der Waals surface area contributed by atoms with Crippen LogP contribution < -0.4 is 11.1 Å². The highest BCUT2D eigenvalue weighted by atomic mass is 16.2. The van der Waals surface area contributed by atoms with Gasteiger partial charge in [-0.25, -0.2) is 0 Å². The maximum absolute atomic E-state index is 12.3. The van der Waals surface area contributed by atoms with E-state index in [4.69, 9.17) is 5.73 Å². The fourth-order valence-corrected chi connectivity index (χ4v) is 2.16. The van der Waals surface area contributed by atoms with Crippen molar-refractivity contribution < 1.29 is 9.59 Å². The Morgan fingerprint density at radius 2 is 2.00 bits per heavy atom. The lowest BCUT2D eigenvalue weighted by atomic mass is 9.85. The van der Waals surface area contributed by atoms with Crippen LogP contribution >= 0.6 is 0 Å². The van der Waals surface area contributed by atoms with Crippen LogP contribution in [-0.4, -0.2) is 42.9 Å². The van der Waals surface area contributed by atoms with Gasteiger partial charge >= 0.3 is 0 Å². The third-order valence-electron chi connectivity index (χ3n) is 3.55. The number of carbonyl (C=O) groups is 2. The van der Waals surface area contributed by atoms with Crippen LogP contribution in [0.15, 0.2) is 0 Å². The van der Waals surface area contributed by atoms with Crippen molar-refractivity contribution in [1.82, 2.24) is 10.2 Å². The molecule has 1 aliphatic rings. The second-order valence-electron chi connectivity index (χ2n) is 6.08. The summed E-state index contributed by atoms with van der Waals surface area (Å²) in [4.78, 5) is 25.6. The fourth-order valence-electron chi connectivity index (χ4n) is 2.16. The van der Waals surface area contributed by atoms with E-state index in [0.29, 0.717) is 13.1 Å². The Hall–Kier alpha value is -1.10. The number of nitrogens with one attached hydrogen (secondary N) is 1. The van der Waals surface area contributed by atoms with E-state index in [0.717, 1.165) is 12.8 Å². The van der Waals surface area contributed by atoms with Gasteiger partial charge in [0.2, 0.25) is 11.8 Å². The quantitative estimate of drug-likeness (QED) is 0.747. The first-order valence-corrected chi connectivity index (χ1v) is 6.53. The molecule has 1 heterocycles. The van der Waals surface area contributed by atoms with Crippen LogP contribution in [0.5, 0.6) is 0 Å². The van der Waals surface area contributed by atoms with E-state index in [1.165, 1.54) is 0 Å². The summed E-state index contributed by atoms with van der Waals surface area (Å²) in [6, 6.07) is -0.513. The zero-order valence-electron chi connectivity index (χ0n) is 11.8. The van der Waals surface area contributed by atoms with Crippen molar-refractivity contribution in [3.05, 3.63) is 0 Å². The summed E-state index contributed by atoms with van der Waals surface area (Å²) >= 11 is 0. The van der Waals surface area contributed by atoms with Gasteiger partial charge in [0, 0.05) is 20.1 Å². The lowest BCUT2D eigenvalue weighted by Gasteiger charge is -2.36. The van der Waals surface area contributed by atoms with Gasteiger partial charge in [0.15, 0.2) is 0 Å². The van der Waals surface area contributed by atoms with Gasteiger partial charge in [-0.05, 0) is 18.3 Å². The maximum atomic E-state index is 12.3. The lowest BCUT2D eigenvalue weighted by molar-refractivity contribution is -0.138. The summed E-state index contributed by atoms with van der Waals surface area (Å²) < 4.78 is 0. The van der Waals surface area contributed by atoms with Crippen molar-refractivity contribution in [2.75, 3.05) is 20.1 Å². The fraction of sp³-hybridized carbons (Fsp3) is 0.846. The number of nitrogens with zero attached hydrogens (tertiary/aromatic N) is 1. The van der Waals surface area contributed by atoms with E-state index < -0.39 is 6.04 Å². The van der Waals surface area contributed by atoms with Crippen molar-refractivity contribution in [1.29, 1.82) is 0 Å². The standard InChI is InChI=1S/C13H25N3O2/c1-13(2,3)10(14)12(18)16-7-5-6-9(8-16)11(17)15-4/h9-10H,5-8,14H2,1-4H3,(H,15,17)/t9?,10-/m1/s1. The first-order chi connectivity index (χ1) is 8.27. The first-order valence-electron chi connectivity index (χ1n) is 6.53. The predicted octanol–water partition coefficient (Wildman–Crippen LogP) is 0.344. The Morgan fingerprint density at radius 1 is 1.39 bits per heavy atom. The Bertz CT molecular complexity index is 323. The largest absolute Gasteiger partial charge is 0.359 e. The van der Waals surface area contributed by atoms with Crippen LogP contribution in [-0.2, 0) is 9.59 Å². The normalized spacial score (nSPS) is 22.5. The van der Waals surface area contributed by atoms with Crippen LogP contribution in [0.4, 0.5) is 0 Å². The molecule has 2 amide bonds. The SMILES string of the molecule is CNC(=O)C1CCCN(C(=O)[C@@H](N)C(C)(C)C)C1. The van der Waals surface area contributed by atoms with Gasteiger partial charge in [0.05, 0.1) is 12.0 Å². The van der Waals surface area contributed by atoms with E-state index >= 15 is 0 Å². The molecule has 0 radical (unpaired) electrons. The van der Waals surface area contributed by atoms with E-state index in [2.05, 4.69) is 5.32 Å². The van der Waals surface area contributed by atoms with Gasteiger partial charge in [0.25, 0.3) is 0 Å². The summed E-state index contributed by atoms with van der Waals surface area (Å²) in [6.07, 6.45) is 1.70. The Morgan fingerprint density at radius 3 is 2.50 bits per heavy atom. The van der Waals surface area contributed by atoms with Gasteiger partial charge in [-0.15, -0.1) is 0 Å². The minimum atomic E-state index is -0.513. The van der Waals surface area contributed by atoms with Crippen molar-refractivity contribution in [3.63, 3.8) is 0 Å². The average molecular weight is 255 g/mol. The van der Waals surface area contributed by atoms with Crippen LogP contribution in [0.1, 0.15) is 33.6 Å². The summed E-state index contributed by atoms with van der Waals surface area (Å²) in [6.45, 7) is 7.06. The van der Waals surface area contributed by atoms with Crippen molar-refractivity contribution in [2.24, 2.45) is 17.1 Å². The van der Waals surface area contributed by atoms with Crippen molar-refractivity contribution >= 4 is 11.8 Å². The van der Waals surface area contributed by atoms with E-state index in [1.54, 1.807) is 11.9 Å². The van der Waals surface area contributed by atoms with Crippen LogP contribution in [0.2, 0.25) is 0 Å². The molecule has 0 saturated carbocycles. The zero-order valence-corrected chi connectivity index (χ0v) is 11.8. The topological polar surface area (TPSA) is 75.4 Å². The molecule has 0 aromatic heterocycles. The number of rotatable bonds is 2. The Balaban J connectivity index is 2.67. The molecule has 104 valence electrons. The summed E-state index contributed by atoms with van der Waals surface area (Å²) in [5.74, 6) is -0.132. The molecule has 5 heteroatoms. The molecule has 2 atom stereocenters. The molecule has 18 heavy (non-hydrogen) atoms. The Kier molecular flexibility index (Phi) is 4.73. The van der Waals surface area contributed by atoms with Gasteiger partial charge in [-0.3, -0.25) is 9.59 Å². The predicted molar refractivity (Wildman–Crippen MR) is 70.8 cm³/mol. The minimum Gasteiger partial charge on any atom is -0.359 e. The number of piperidine rings is 1. The van der Waals surface area contributed by atoms with Crippen LogP contribution in [0.3, 0.4) is 0 Å². The number of likely N-dealkylation sites (tertiary alicyclic amines) is 1. The molecule has 0 aliphatic carbocycles. The van der Waals surface area contributed by atoms with Gasteiger partial charge in [0.1, 0.15) is 0 Å². The third kappa shape index (κ3) is 3.45. The monoisotopic (exact) mass is 255 g/mol. The summed E-state index contributed by atoms with van der Waals surface area (Å²) in [7, 11) is 1.63. The smallest absolute Gasteiger partial charge is 0.240 e. The van der Waals surface area contributed by atoms with Crippen LogP contribution in [0.25, 0.3) is 0 Å². The molecule has 0 spiro atoms. The summed E-state index contributed by atoms with van der Waals surface area (Å²) in [5.41, 5.74) is 5.73. The molecule has 1 saturated heterocycles. The average Bonchev–Trinajstić information content (AvgIpc) is 2.35. The zero-order chi connectivity index (χ0) is 13.9. The van der Waals surface area contributed by atoms with Gasteiger partial charge in [-0.1, -0.05) is 20.8 Å². The minimum absolute atomic E-state index is 0.0110. The maximum Gasteiger partial charge on any atom is 0.240 e. The number of carbonyl (C=O) groups excluding carboxylic acids is 2. The third-order valence-corrected chi connectivity index (χ3v) is 3.55. The highest BCUT2D eigenvalue weighted by Gasteiger charge is 2.34. The molecular formula is C13H25N3O2. The molecule has 1 fully saturated rings. The molecule has 0 aromatic rings. The molecule has 1 rings (SSSR count). The Labute approximate surface area is 109 Å². The number of hydrogen-bond donors (Lipinski definition) is 2. The number of hydrogen-bond acceptors (Lipinski definition) is 3. The van der Waals surface area contributed by atoms with Gasteiger partial charge < -0.3 is 16.0 Å². The second-order valence-corrected chi connectivity index (χ2v) is 6.08. The highest BCUT2D eigenvalue weighted by molar-refractivity contribution is 5.84. The lowest BCUT2D eigenvalue weighted by Crippen LogP contribution is -2.54. The molecule has 0 bridgehead atoms. The highest BCUT2D eigenvalue weighted by Crippen LogP contribution is 2.22. The van der Waals surface area contributed by atoms with Crippen molar-refractivity contribution in [2.45, 2.75) is 39.7 Å². The molecule has 0 aromatic carbocycles. The molecular weight excluding hydrogens is 230 g/mol. The van der Waals surface area contributed by atoms with E-state index in [-0.39, 0.29) is 23.1 Å². The number of nitrogens with two attached hydrogens (primary N) is 1. The number of amides is 2. The molecule has 1 unspecified atom stereocenters.